The maximum atomic E-state index is 11.8. The number of nitrogens with one attached hydrogen (secondary N) is 1. The smallest absolute Gasteiger partial charge is 0.253 e. The van der Waals surface area contributed by atoms with Crippen LogP contribution in [0.1, 0.15) is 23.7 Å². The van der Waals surface area contributed by atoms with Crippen LogP contribution in [-0.4, -0.2) is 17.8 Å². The molecule has 0 spiro atoms. The van der Waals surface area contributed by atoms with E-state index < -0.39 is 0 Å². The van der Waals surface area contributed by atoms with Crippen molar-refractivity contribution in [3.8, 4) is 0 Å². The lowest BCUT2D eigenvalue weighted by atomic mass is 10.2. The van der Waals surface area contributed by atoms with Crippen molar-refractivity contribution in [2.24, 2.45) is 0 Å². The van der Waals surface area contributed by atoms with Crippen LogP contribution in [0.5, 0.6) is 0 Å². The first kappa shape index (κ1) is 13.8. The average Bonchev–Trinajstić information content (AvgIpc) is 2.21. The molecule has 0 saturated carbocycles. The number of alkyl halides is 1. The van der Waals surface area contributed by atoms with Crippen LogP contribution >= 0.6 is 39.1 Å². The van der Waals surface area contributed by atoms with E-state index in [2.05, 4.69) is 21.2 Å². The summed E-state index contributed by atoms with van der Waals surface area (Å²) in [7, 11) is 0. The Hall–Kier alpha value is -0.250. The van der Waals surface area contributed by atoms with Gasteiger partial charge < -0.3 is 5.32 Å². The number of hydrogen-bond acceptors (Lipinski definition) is 1. The van der Waals surface area contributed by atoms with Crippen LogP contribution in [-0.2, 0) is 0 Å². The Morgan fingerprint density at radius 3 is 2.88 bits per heavy atom. The molecule has 88 valence electrons. The van der Waals surface area contributed by atoms with Crippen molar-refractivity contribution in [3.63, 3.8) is 0 Å². The molecule has 1 N–H and O–H groups in total. The molecule has 1 aromatic carbocycles. The first-order chi connectivity index (χ1) is 7.54. The Morgan fingerprint density at radius 1 is 1.56 bits per heavy atom. The Balaban J connectivity index is 2.76. The molecule has 0 aliphatic rings. The molecule has 1 aromatic rings. The van der Waals surface area contributed by atoms with Gasteiger partial charge in [0, 0.05) is 16.4 Å². The zero-order valence-electron chi connectivity index (χ0n) is 8.77. The topological polar surface area (TPSA) is 29.1 Å². The van der Waals surface area contributed by atoms with Gasteiger partial charge in [0.15, 0.2) is 0 Å². The van der Waals surface area contributed by atoms with Crippen LogP contribution in [0.15, 0.2) is 22.7 Å². The van der Waals surface area contributed by atoms with Gasteiger partial charge in [0.25, 0.3) is 5.91 Å². The summed E-state index contributed by atoms with van der Waals surface area (Å²) in [5, 5.41) is 3.28. The molecule has 16 heavy (non-hydrogen) atoms. The largest absolute Gasteiger partial charge is 0.349 e. The van der Waals surface area contributed by atoms with Gasteiger partial charge in [0.1, 0.15) is 0 Å². The molecule has 1 atom stereocenters. The van der Waals surface area contributed by atoms with E-state index in [0.29, 0.717) is 16.5 Å². The summed E-state index contributed by atoms with van der Waals surface area (Å²) < 4.78 is 0.826. The maximum absolute atomic E-state index is 11.8. The lowest BCUT2D eigenvalue weighted by Crippen LogP contribution is -2.33. The van der Waals surface area contributed by atoms with E-state index in [9.17, 15) is 4.79 Å². The molecule has 0 heterocycles. The van der Waals surface area contributed by atoms with Crippen molar-refractivity contribution >= 4 is 45.0 Å². The summed E-state index contributed by atoms with van der Waals surface area (Å²) in [4.78, 5) is 11.8. The van der Waals surface area contributed by atoms with Gasteiger partial charge in [0.05, 0.1) is 10.6 Å². The lowest BCUT2D eigenvalue weighted by Gasteiger charge is -2.13. The van der Waals surface area contributed by atoms with Crippen LogP contribution in [0.25, 0.3) is 0 Å². The van der Waals surface area contributed by atoms with Crippen LogP contribution < -0.4 is 5.32 Å². The number of hydrogen-bond donors (Lipinski definition) is 1. The number of benzene rings is 1. The molecule has 0 aliphatic carbocycles. The van der Waals surface area contributed by atoms with Crippen molar-refractivity contribution in [3.05, 3.63) is 33.3 Å². The quantitative estimate of drug-likeness (QED) is 0.837. The highest BCUT2D eigenvalue weighted by molar-refractivity contribution is 9.10. The Bertz CT molecular complexity index is 384. The highest BCUT2D eigenvalue weighted by Crippen LogP contribution is 2.21. The summed E-state index contributed by atoms with van der Waals surface area (Å²) in [5.41, 5.74) is 0.470. The van der Waals surface area contributed by atoms with Gasteiger partial charge in [-0.25, -0.2) is 0 Å². The summed E-state index contributed by atoms with van der Waals surface area (Å²) in [6.07, 6.45) is 0.735. The first-order valence-corrected chi connectivity index (χ1v) is 6.57. The highest BCUT2D eigenvalue weighted by atomic mass is 79.9. The molecular formula is C11H12BrCl2NO. The van der Waals surface area contributed by atoms with E-state index in [1.807, 2.05) is 6.92 Å². The molecule has 2 nitrogen and oxygen atoms in total. The van der Waals surface area contributed by atoms with Crippen molar-refractivity contribution in [1.82, 2.24) is 5.32 Å². The summed E-state index contributed by atoms with van der Waals surface area (Å²) >= 11 is 14.8. The zero-order valence-corrected chi connectivity index (χ0v) is 11.9. The number of carbonyl (C=O) groups excluding carboxylic acids is 1. The maximum Gasteiger partial charge on any atom is 0.253 e. The van der Waals surface area contributed by atoms with Gasteiger partial charge in [-0.1, -0.05) is 27.5 Å². The molecule has 0 aromatic heterocycles. The number of halogens is 3. The van der Waals surface area contributed by atoms with Crippen molar-refractivity contribution in [2.75, 3.05) is 5.88 Å². The van der Waals surface area contributed by atoms with Crippen LogP contribution in [0, 0.1) is 0 Å². The van der Waals surface area contributed by atoms with E-state index >= 15 is 0 Å². The van der Waals surface area contributed by atoms with Crippen LogP contribution in [0.4, 0.5) is 0 Å². The molecular weight excluding hydrogens is 313 g/mol. The van der Waals surface area contributed by atoms with E-state index in [4.69, 9.17) is 23.2 Å². The molecule has 1 unspecified atom stereocenters. The minimum Gasteiger partial charge on any atom is -0.349 e. The summed E-state index contributed by atoms with van der Waals surface area (Å²) in [5.74, 6) is 0.345. The summed E-state index contributed by atoms with van der Waals surface area (Å²) in [6.45, 7) is 1.91. The van der Waals surface area contributed by atoms with Gasteiger partial charge in [-0.3, -0.25) is 4.79 Å². The predicted molar refractivity (Wildman–Crippen MR) is 71.4 cm³/mol. The van der Waals surface area contributed by atoms with E-state index in [0.717, 1.165) is 10.9 Å². The van der Waals surface area contributed by atoms with Crippen molar-refractivity contribution in [1.29, 1.82) is 0 Å². The standard InChI is InChI=1S/C11H12BrCl2NO/c1-7(4-5-13)15-11(16)9-6-8(12)2-3-10(9)14/h2-3,6-7H,4-5H2,1H3,(H,15,16). The SMILES string of the molecule is CC(CCCl)NC(=O)c1cc(Br)ccc1Cl. The highest BCUT2D eigenvalue weighted by Gasteiger charge is 2.13. The fraction of sp³-hybridized carbons (Fsp3) is 0.364. The van der Waals surface area contributed by atoms with Gasteiger partial charge in [0.2, 0.25) is 0 Å². The molecule has 0 bridgehead atoms. The van der Waals surface area contributed by atoms with E-state index in [1.54, 1.807) is 18.2 Å². The molecule has 0 radical (unpaired) electrons. The van der Waals surface area contributed by atoms with E-state index in [-0.39, 0.29) is 11.9 Å². The average molecular weight is 325 g/mol. The van der Waals surface area contributed by atoms with Crippen molar-refractivity contribution < 1.29 is 4.79 Å². The van der Waals surface area contributed by atoms with Gasteiger partial charge in [-0.2, -0.15) is 0 Å². The van der Waals surface area contributed by atoms with Crippen LogP contribution in [0.3, 0.4) is 0 Å². The normalized spacial score (nSPS) is 12.2. The van der Waals surface area contributed by atoms with Gasteiger partial charge >= 0.3 is 0 Å². The van der Waals surface area contributed by atoms with E-state index in [1.165, 1.54) is 0 Å². The second-order valence-corrected chi connectivity index (χ2v) is 5.18. The third-order valence-electron chi connectivity index (χ3n) is 2.09. The molecule has 5 heteroatoms. The molecule has 0 aliphatic heterocycles. The van der Waals surface area contributed by atoms with Crippen molar-refractivity contribution in [2.45, 2.75) is 19.4 Å². The second kappa shape index (κ2) is 6.48. The van der Waals surface area contributed by atoms with Gasteiger partial charge in [-0.15, -0.1) is 11.6 Å². The minimum absolute atomic E-state index is 0.0417. The Kier molecular flexibility index (Phi) is 5.59. The Labute approximate surface area is 113 Å². The monoisotopic (exact) mass is 323 g/mol. The fourth-order valence-corrected chi connectivity index (χ4v) is 2.10. The van der Waals surface area contributed by atoms with Gasteiger partial charge in [-0.05, 0) is 31.5 Å². The third-order valence-corrected chi connectivity index (χ3v) is 3.13. The molecule has 0 fully saturated rings. The number of rotatable bonds is 4. The third kappa shape index (κ3) is 3.96. The Morgan fingerprint density at radius 2 is 2.25 bits per heavy atom. The second-order valence-electron chi connectivity index (χ2n) is 3.48. The zero-order chi connectivity index (χ0) is 12.1. The molecule has 1 amide bonds. The number of carbonyl (C=O) groups is 1. The summed E-state index contributed by atoms with van der Waals surface area (Å²) in [6, 6.07) is 5.22. The van der Waals surface area contributed by atoms with Crippen LogP contribution in [0.2, 0.25) is 5.02 Å². The number of amides is 1. The molecule has 0 saturated heterocycles. The first-order valence-electron chi connectivity index (χ1n) is 4.86. The molecule has 1 rings (SSSR count). The minimum atomic E-state index is -0.177. The predicted octanol–water partition coefficient (Wildman–Crippen LogP) is 3.85. The fourth-order valence-electron chi connectivity index (χ4n) is 1.21. The lowest BCUT2D eigenvalue weighted by molar-refractivity contribution is 0.0939.